The molecule has 0 atom stereocenters. The highest BCUT2D eigenvalue weighted by Gasteiger charge is 2.71. The van der Waals surface area contributed by atoms with E-state index < -0.39 is 30.6 Å². The third kappa shape index (κ3) is 1.76. The quantitative estimate of drug-likeness (QED) is 0.623. The van der Waals surface area contributed by atoms with Gasteiger partial charge in [-0.1, -0.05) is 12.1 Å². The molecule has 0 radical (unpaired) electrons. The third-order valence-corrected chi connectivity index (χ3v) is 4.48. The van der Waals surface area contributed by atoms with E-state index in [-0.39, 0.29) is 11.1 Å². The molecule has 3 rings (SSSR count). The summed E-state index contributed by atoms with van der Waals surface area (Å²) < 4.78 is 78.3. The van der Waals surface area contributed by atoms with Crippen LogP contribution in [0.3, 0.4) is 0 Å². The van der Waals surface area contributed by atoms with Gasteiger partial charge in [0.05, 0.1) is 0 Å². The molecule has 0 N–H and O–H groups in total. The zero-order chi connectivity index (χ0) is 14.8. The van der Waals surface area contributed by atoms with Crippen LogP contribution in [0.1, 0.15) is 28.7 Å². The van der Waals surface area contributed by atoms with Crippen LogP contribution in [0.5, 0.6) is 0 Å². The van der Waals surface area contributed by atoms with Gasteiger partial charge in [-0.25, -0.2) is 0 Å². The van der Waals surface area contributed by atoms with Crippen molar-refractivity contribution in [1.29, 1.82) is 0 Å². The van der Waals surface area contributed by atoms with Crippen molar-refractivity contribution in [1.82, 2.24) is 0 Å². The van der Waals surface area contributed by atoms with Crippen molar-refractivity contribution in [2.24, 2.45) is 5.41 Å². The standard InChI is InChI=1S/C14H12F6/c15-13(16,17)12(14(18,19)20)6-10-4-8-2-1-3-9(8)5-11(10)7-12/h4-5H,1-3,6-7H2. The van der Waals surface area contributed by atoms with Crippen LogP contribution < -0.4 is 0 Å². The lowest BCUT2D eigenvalue weighted by Crippen LogP contribution is -2.50. The Morgan fingerprint density at radius 2 is 1.10 bits per heavy atom. The topological polar surface area (TPSA) is 0 Å². The first kappa shape index (κ1) is 13.8. The van der Waals surface area contributed by atoms with E-state index >= 15 is 0 Å². The summed E-state index contributed by atoms with van der Waals surface area (Å²) in [6.07, 6.45) is -10.1. The van der Waals surface area contributed by atoms with E-state index in [1.54, 1.807) is 12.1 Å². The molecule has 0 bridgehead atoms. The predicted octanol–water partition coefficient (Wildman–Crippen LogP) is 4.38. The number of halogens is 6. The van der Waals surface area contributed by atoms with Crippen molar-refractivity contribution in [2.45, 2.75) is 44.5 Å². The Balaban J connectivity index is 2.07. The number of hydrogen-bond acceptors (Lipinski definition) is 0. The molecular formula is C14H12F6. The first-order valence-corrected chi connectivity index (χ1v) is 6.41. The number of rotatable bonds is 0. The minimum absolute atomic E-state index is 0.209. The van der Waals surface area contributed by atoms with Crippen LogP contribution in [-0.2, 0) is 25.7 Å². The van der Waals surface area contributed by atoms with Gasteiger partial charge in [-0.2, -0.15) is 26.3 Å². The molecule has 0 amide bonds. The maximum absolute atomic E-state index is 13.1. The van der Waals surface area contributed by atoms with E-state index in [1.165, 1.54) is 0 Å². The Hall–Kier alpha value is -1.20. The second-order valence-electron chi connectivity index (χ2n) is 5.67. The van der Waals surface area contributed by atoms with E-state index in [0.717, 1.165) is 30.4 Å². The van der Waals surface area contributed by atoms with Gasteiger partial charge < -0.3 is 0 Å². The highest BCUT2D eigenvalue weighted by Crippen LogP contribution is 2.58. The number of benzene rings is 1. The molecule has 0 saturated heterocycles. The zero-order valence-electron chi connectivity index (χ0n) is 10.5. The second kappa shape index (κ2) is 3.92. The Kier molecular flexibility index (Phi) is 2.70. The number of hydrogen-bond donors (Lipinski definition) is 0. The third-order valence-electron chi connectivity index (χ3n) is 4.48. The van der Waals surface area contributed by atoms with Crippen molar-refractivity contribution in [2.75, 3.05) is 0 Å². The van der Waals surface area contributed by atoms with E-state index in [4.69, 9.17) is 0 Å². The molecule has 20 heavy (non-hydrogen) atoms. The van der Waals surface area contributed by atoms with Crippen molar-refractivity contribution in [3.8, 4) is 0 Å². The molecule has 0 aliphatic heterocycles. The van der Waals surface area contributed by atoms with Gasteiger partial charge in [0.1, 0.15) is 0 Å². The lowest BCUT2D eigenvalue weighted by molar-refractivity contribution is -0.337. The zero-order valence-corrected chi connectivity index (χ0v) is 10.5. The molecule has 2 aliphatic carbocycles. The van der Waals surface area contributed by atoms with Gasteiger partial charge in [-0.05, 0) is 54.4 Å². The van der Waals surface area contributed by atoms with E-state index in [9.17, 15) is 26.3 Å². The van der Waals surface area contributed by atoms with Crippen molar-refractivity contribution in [3.63, 3.8) is 0 Å². The molecular weight excluding hydrogens is 282 g/mol. The van der Waals surface area contributed by atoms with Crippen molar-refractivity contribution < 1.29 is 26.3 Å². The van der Waals surface area contributed by atoms with Crippen LogP contribution in [0, 0.1) is 5.41 Å². The summed E-state index contributed by atoms with van der Waals surface area (Å²) in [6, 6.07) is 3.10. The van der Waals surface area contributed by atoms with Crippen LogP contribution >= 0.6 is 0 Å². The molecule has 0 fully saturated rings. The Bertz CT molecular complexity index is 503. The fourth-order valence-corrected chi connectivity index (χ4v) is 3.33. The maximum atomic E-state index is 13.1. The molecule has 0 spiro atoms. The summed E-state index contributed by atoms with van der Waals surface area (Å²) in [5, 5.41) is 0. The predicted molar refractivity (Wildman–Crippen MR) is 60.4 cm³/mol. The number of aryl methyl sites for hydroxylation is 2. The highest BCUT2D eigenvalue weighted by atomic mass is 19.4. The number of fused-ring (bicyclic) bond motifs is 2. The minimum atomic E-state index is -5.28. The minimum Gasteiger partial charge on any atom is -0.170 e. The lowest BCUT2D eigenvalue weighted by Gasteiger charge is -2.33. The SMILES string of the molecule is FC(F)(F)C1(C(F)(F)F)Cc2cc3c(cc2C1)CCC3. The Morgan fingerprint density at radius 3 is 1.45 bits per heavy atom. The molecule has 0 aromatic heterocycles. The maximum Gasteiger partial charge on any atom is 0.403 e. The van der Waals surface area contributed by atoms with Crippen molar-refractivity contribution >= 4 is 0 Å². The van der Waals surface area contributed by atoms with Gasteiger partial charge in [0.25, 0.3) is 0 Å². The fraction of sp³-hybridized carbons (Fsp3) is 0.571. The van der Waals surface area contributed by atoms with Crippen LogP contribution in [-0.4, -0.2) is 12.4 Å². The van der Waals surface area contributed by atoms with Gasteiger partial charge in [0.2, 0.25) is 0 Å². The molecule has 1 aromatic carbocycles. The van der Waals surface area contributed by atoms with Crippen LogP contribution in [0.15, 0.2) is 12.1 Å². The molecule has 2 aliphatic rings. The second-order valence-corrected chi connectivity index (χ2v) is 5.67. The van der Waals surface area contributed by atoms with Gasteiger partial charge in [0, 0.05) is 0 Å². The summed E-state index contributed by atoms with van der Waals surface area (Å²) in [5.41, 5.74) is -1.38. The van der Waals surface area contributed by atoms with Crippen molar-refractivity contribution in [3.05, 3.63) is 34.4 Å². The molecule has 0 saturated carbocycles. The molecule has 6 heteroatoms. The normalized spacial score (nSPS) is 20.9. The summed E-state index contributed by atoms with van der Waals surface area (Å²) in [6.45, 7) is 0. The van der Waals surface area contributed by atoms with E-state index in [2.05, 4.69) is 0 Å². The first-order valence-electron chi connectivity index (χ1n) is 6.41. The van der Waals surface area contributed by atoms with Crippen LogP contribution in [0.2, 0.25) is 0 Å². The first-order chi connectivity index (χ1) is 9.14. The van der Waals surface area contributed by atoms with E-state index in [1.807, 2.05) is 0 Å². The summed E-state index contributed by atoms with van der Waals surface area (Å²) in [7, 11) is 0. The van der Waals surface area contributed by atoms with Gasteiger partial charge in [-0.15, -0.1) is 0 Å². The molecule has 0 unspecified atom stereocenters. The van der Waals surface area contributed by atoms with Crippen LogP contribution in [0.4, 0.5) is 26.3 Å². The largest absolute Gasteiger partial charge is 0.403 e. The lowest BCUT2D eigenvalue weighted by atomic mass is 9.83. The van der Waals surface area contributed by atoms with Gasteiger partial charge >= 0.3 is 12.4 Å². The smallest absolute Gasteiger partial charge is 0.170 e. The molecule has 110 valence electrons. The average molecular weight is 294 g/mol. The summed E-state index contributed by atoms with van der Waals surface area (Å²) in [5.74, 6) is 0. The highest BCUT2D eigenvalue weighted by molar-refractivity contribution is 5.45. The summed E-state index contributed by atoms with van der Waals surface area (Å²) >= 11 is 0. The van der Waals surface area contributed by atoms with Gasteiger partial charge in [0.15, 0.2) is 5.41 Å². The fourth-order valence-electron chi connectivity index (χ4n) is 3.33. The molecule has 0 heterocycles. The Labute approximate surface area is 111 Å². The monoisotopic (exact) mass is 294 g/mol. The van der Waals surface area contributed by atoms with E-state index in [0.29, 0.717) is 0 Å². The molecule has 1 aromatic rings. The van der Waals surface area contributed by atoms with Gasteiger partial charge in [-0.3, -0.25) is 0 Å². The number of alkyl halides is 6. The average Bonchev–Trinajstić information content (AvgIpc) is 2.85. The summed E-state index contributed by atoms with van der Waals surface area (Å²) in [4.78, 5) is 0. The van der Waals surface area contributed by atoms with Crippen LogP contribution in [0.25, 0.3) is 0 Å². The Morgan fingerprint density at radius 1 is 0.700 bits per heavy atom. The molecule has 0 nitrogen and oxygen atoms in total.